The van der Waals surface area contributed by atoms with Gasteiger partial charge in [-0.3, -0.25) is 0 Å². The highest BCUT2D eigenvalue weighted by atomic mass is 16.4. The Labute approximate surface area is 397 Å². The first-order valence-electron chi connectivity index (χ1n) is 23.8. The van der Waals surface area contributed by atoms with E-state index in [-0.39, 0.29) is 0 Å². The van der Waals surface area contributed by atoms with E-state index in [4.69, 9.17) is 8.83 Å². The summed E-state index contributed by atoms with van der Waals surface area (Å²) in [5.41, 5.74) is 17.4. The van der Waals surface area contributed by atoms with Crippen LogP contribution in [0.3, 0.4) is 0 Å². The van der Waals surface area contributed by atoms with Gasteiger partial charge in [0.25, 0.3) is 0 Å². The first-order chi connectivity index (χ1) is 34.2. The van der Waals surface area contributed by atoms with Crippen LogP contribution in [0.2, 0.25) is 0 Å². The van der Waals surface area contributed by atoms with Gasteiger partial charge in [0, 0.05) is 21.5 Å². The van der Waals surface area contributed by atoms with Crippen molar-refractivity contribution in [3.63, 3.8) is 0 Å². The van der Waals surface area contributed by atoms with Gasteiger partial charge in [-0.05, 0) is 148 Å². The first-order valence-corrected chi connectivity index (χ1v) is 23.8. The summed E-state index contributed by atoms with van der Waals surface area (Å²) in [4.78, 5) is 0. The molecular weight excluding hydrogens is 837 g/mol. The normalized spacial score (nSPS) is 13.0. The van der Waals surface area contributed by atoms with Crippen molar-refractivity contribution in [3.05, 3.63) is 265 Å². The Kier molecular flexibility index (Phi) is 8.02. The van der Waals surface area contributed by atoms with Crippen LogP contribution in [0.1, 0.15) is 22.3 Å². The van der Waals surface area contributed by atoms with Crippen LogP contribution in [0.5, 0.6) is 0 Å². The molecule has 1 aliphatic rings. The molecule has 0 radical (unpaired) electrons. The van der Waals surface area contributed by atoms with Crippen molar-refractivity contribution in [1.29, 1.82) is 0 Å². The van der Waals surface area contributed by atoms with Crippen LogP contribution in [0.15, 0.2) is 251 Å². The largest absolute Gasteiger partial charge is 0.452 e. The number of benzene rings is 12. The highest BCUT2D eigenvalue weighted by Crippen LogP contribution is 2.57. The molecule has 1 aliphatic carbocycles. The number of furan rings is 2. The van der Waals surface area contributed by atoms with Gasteiger partial charge in [0.1, 0.15) is 11.2 Å². The lowest BCUT2D eigenvalue weighted by Crippen LogP contribution is -2.28. The lowest BCUT2D eigenvalue weighted by molar-refractivity contribution is 0.633. The van der Waals surface area contributed by atoms with Crippen molar-refractivity contribution in [2.75, 3.05) is 0 Å². The molecule has 0 N–H and O–H groups in total. The van der Waals surface area contributed by atoms with E-state index in [2.05, 4.69) is 243 Å². The molecule has 2 aromatic heterocycles. The Balaban J connectivity index is 0.797. The smallest absolute Gasteiger partial charge is 0.178 e. The van der Waals surface area contributed by atoms with Gasteiger partial charge in [-0.1, -0.05) is 194 Å². The minimum Gasteiger partial charge on any atom is -0.452 e. The minimum atomic E-state index is -0.461. The van der Waals surface area contributed by atoms with Crippen LogP contribution in [0.4, 0.5) is 0 Å². The molecule has 0 unspecified atom stereocenters. The monoisotopic (exact) mass is 876 g/mol. The second kappa shape index (κ2) is 14.5. The maximum atomic E-state index is 6.70. The van der Waals surface area contributed by atoms with Crippen molar-refractivity contribution in [3.8, 4) is 44.5 Å². The third-order valence-corrected chi connectivity index (χ3v) is 15.2. The molecule has 2 heteroatoms. The van der Waals surface area contributed by atoms with Crippen LogP contribution in [0, 0.1) is 0 Å². The van der Waals surface area contributed by atoms with E-state index < -0.39 is 5.41 Å². The molecule has 320 valence electrons. The summed E-state index contributed by atoms with van der Waals surface area (Å²) < 4.78 is 13.4. The van der Waals surface area contributed by atoms with E-state index in [9.17, 15) is 0 Å². The van der Waals surface area contributed by atoms with E-state index >= 15 is 0 Å². The molecule has 12 aromatic carbocycles. The summed E-state index contributed by atoms with van der Waals surface area (Å²) in [6.07, 6.45) is 0. The van der Waals surface area contributed by atoms with Gasteiger partial charge >= 0.3 is 0 Å². The fraction of sp³-hybridized carbons (Fsp3) is 0.0149. The van der Waals surface area contributed by atoms with E-state index in [0.717, 1.165) is 60.6 Å². The average molecular weight is 877 g/mol. The summed E-state index contributed by atoms with van der Waals surface area (Å²) in [5.74, 6) is 0. The fourth-order valence-electron chi connectivity index (χ4n) is 12.0. The highest BCUT2D eigenvalue weighted by Gasteiger charge is 2.46. The second-order valence-corrected chi connectivity index (χ2v) is 18.7. The lowest BCUT2D eigenvalue weighted by Gasteiger charge is -2.34. The molecule has 15 rings (SSSR count). The Morgan fingerprint density at radius 1 is 0.232 bits per heavy atom. The molecule has 2 nitrogen and oxygen atoms in total. The van der Waals surface area contributed by atoms with Crippen molar-refractivity contribution >= 4 is 76.2 Å². The number of hydrogen-bond donors (Lipinski definition) is 0. The van der Waals surface area contributed by atoms with Gasteiger partial charge in [0.15, 0.2) is 11.2 Å². The zero-order valence-corrected chi connectivity index (χ0v) is 37.4. The molecule has 0 fully saturated rings. The van der Waals surface area contributed by atoms with Crippen LogP contribution in [0.25, 0.3) is 121 Å². The predicted octanol–water partition coefficient (Wildman–Crippen LogP) is 18.3. The lowest BCUT2D eigenvalue weighted by atomic mass is 9.67. The van der Waals surface area contributed by atoms with Crippen molar-refractivity contribution < 1.29 is 8.83 Å². The summed E-state index contributed by atoms with van der Waals surface area (Å²) in [6, 6.07) is 88.8. The van der Waals surface area contributed by atoms with Gasteiger partial charge in [0.2, 0.25) is 0 Å². The van der Waals surface area contributed by atoms with Gasteiger partial charge in [-0.25, -0.2) is 0 Å². The molecule has 0 aliphatic heterocycles. The predicted molar refractivity (Wildman–Crippen MR) is 287 cm³/mol. The van der Waals surface area contributed by atoms with Crippen molar-refractivity contribution in [2.45, 2.75) is 5.41 Å². The maximum Gasteiger partial charge on any atom is 0.178 e. The quantitative estimate of drug-likeness (QED) is 0.161. The third-order valence-electron chi connectivity index (χ3n) is 15.2. The molecule has 14 aromatic rings. The molecule has 69 heavy (non-hydrogen) atoms. The molecule has 0 bridgehead atoms. The standard InChI is InChI=1S/C67H40O2/c1-3-13-47(14-4-1)67(48-15-5-2-6-16-48)61-22-12-11-21-54(61)55-32-28-46(40-62(55)67)45-30-36-64-60(39-45)57-34-33-56-59-38-44(29-35-63(59)68-65(56)66(57)69-64)42-25-23-41(24-26-42)43-27-31-53-51-19-8-7-17-49(51)50-18-9-10-20-52(50)58(53)37-43/h1-40H. The van der Waals surface area contributed by atoms with Gasteiger partial charge in [-0.2, -0.15) is 0 Å². The van der Waals surface area contributed by atoms with Crippen LogP contribution in [-0.2, 0) is 5.41 Å². The van der Waals surface area contributed by atoms with Crippen molar-refractivity contribution in [1.82, 2.24) is 0 Å². The van der Waals surface area contributed by atoms with Gasteiger partial charge in [-0.15, -0.1) is 0 Å². The Morgan fingerprint density at radius 3 is 1.17 bits per heavy atom. The minimum absolute atomic E-state index is 0.461. The number of rotatable bonds is 5. The molecule has 0 amide bonds. The number of hydrogen-bond acceptors (Lipinski definition) is 2. The fourth-order valence-corrected chi connectivity index (χ4v) is 12.0. The van der Waals surface area contributed by atoms with Gasteiger partial charge < -0.3 is 8.83 Å². The zero-order valence-electron chi connectivity index (χ0n) is 37.4. The molecule has 0 atom stereocenters. The summed E-state index contributed by atoms with van der Waals surface area (Å²) in [6.45, 7) is 0. The van der Waals surface area contributed by atoms with Gasteiger partial charge in [0.05, 0.1) is 5.41 Å². The topological polar surface area (TPSA) is 26.3 Å². The maximum absolute atomic E-state index is 6.70. The molecule has 0 saturated heterocycles. The number of fused-ring (bicyclic) bond motifs is 16. The molecule has 0 saturated carbocycles. The molecule has 0 spiro atoms. The van der Waals surface area contributed by atoms with Crippen molar-refractivity contribution in [2.24, 2.45) is 0 Å². The van der Waals surface area contributed by atoms with E-state index in [1.165, 1.54) is 82.4 Å². The second-order valence-electron chi connectivity index (χ2n) is 18.7. The summed E-state index contributed by atoms with van der Waals surface area (Å²) in [7, 11) is 0. The SMILES string of the molecule is c1ccc(C2(c3ccccc3)c3ccccc3-c3ccc(-c4ccc5oc6c(ccc7c8cc(-c9ccc(-c%10ccc%11c%12ccccc%12c%12ccccc%12c%11c%10)cc9)ccc8oc76)c5c4)cc32)cc1. The van der Waals surface area contributed by atoms with Crippen LogP contribution >= 0.6 is 0 Å². The Bertz CT molecular complexity index is 4330. The molecular formula is C67H40O2. The average Bonchev–Trinajstić information content (AvgIpc) is 4.09. The van der Waals surface area contributed by atoms with E-state index in [0.29, 0.717) is 0 Å². The summed E-state index contributed by atoms with van der Waals surface area (Å²) in [5, 5.41) is 12.0. The third kappa shape index (κ3) is 5.49. The Morgan fingerprint density at radius 2 is 0.609 bits per heavy atom. The first kappa shape index (κ1) is 38.2. The van der Waals surface area contributed by atoms with Crippen LogP contribution in [-0.4, -0.2) is 0 Å². The Hall–Kier alpha value is -8.98. The highest BCUT2D eigenvalue weighted by molar-refractivity contribution is 6.26. The summed E-state index contributed by atoms with van der Waals surface area (Å²) >= 11 is 0. The van der Waals surface area contributed by atoms with E-state index in [1.807, 2.05) is 0 Å². The zero-order chi connectivity index (χ0) is 45.2. The molecule has 2 heterocycles. The van der Waals surface area contributed by atoms with E-state index in [1.54, 1.807) is 0 Å². The van der Waals surface area contributed by atoms with Crippen LogP contribution < -0.4 is 0 Å².